The highest BCUT2D eigenvalue weighted by Crippen LogP contribution is 2.64. The van der Waals surface area contributed by atoms with Crippen molar-refractivity contribution in [3.63, 3.8) is 0 Å². The molecule has 2 nitrogen and oxygen atoms in total. The second-order valence-electron chi connectivity index (χ2n) is 7.59. The fourth-order valence-corrected chi connectivity index (χ4v) is 6.72. The van der Waals surface area contributed by atoms with Crippen LogP contribution in [-0.2, 0) is 6.42 Å². The van der Waals surface area contributed by atoms with Crippen LogP contribution in [0.1, 0.15) is 40.5 Å². The van der Waals surface area contributed by atoms with Gasteiger partial charge in [0.05, 0.1) is 6.61 Å². The zero-order chi connectivity index (χ0) is 23.4. The topological polar surface area (TPSA) is 18.5 Å². The van der Waals surface area contributed by atoms with E-state index in [1.54, 1.807) is 0 Å². The Kier molecular flexibility index (Phi) is 9.58. The number of rotatable bonds is 8. The standard InChI is InChI=1S/C24H20BrF2I2O2PS/c25-10-11-30-18-13-21(26)24(22(27)14-18)23-19(15-4-2-1-3-5-15)8-6-16-12-17(7-9-20(16)23)31-33-32(28)29/h1-5,7,9,12-14,19,23H,6,8,10-11H2/t19-,23+/m1/s1. The third-order valence-electron chi connectivity index (χ3n) is 5.70. The SMILES string of the molecule is Fc1cc(OCCBr)cc(F)c1[C@@H]1c2ccc(OSP(I)I)cc2CC[C@@H]1c1ccccc1. The van der Waals surface area contributed by atoms with Gasteiger partial charge in [-0.15, -0.1) is 0 Å². The maximum atomic E-state index is 15.4. The van der Waals surface area contributed by atoms with E-state index in [1.165, 1.54) is 23.8 Å². The molecule has 1 aliphatic carbocycles. The van der Waals surface area contributed by atoms with Crippen LogP contribution in [0.15, 0.2) is 60.7 Å². The number of hydrogen-bond acceptors (Lipinski definition) is 3. The van der Waals surface area contributed by atoms with E-state index in [0.29, 0.717) is 11.9 Å². The maximum absolute atomic E-state index is 15.4. The van der Waals surface area contributed by atoms with Gasteiger partial charge in [-0.05, 0) is 91.7 Å². The lowest BCUT2D eigenvalue weighted by Crippen LogP contribution is -2.22. The molecule has 3 aromatic rings. The van der Waals surface area contributed by atoms with Crippen LogP contribution in [0.2, 0.25) is 0 Å². The van der Waals surface area contributed by atoms with Gasteiger partial charge in [0.25, 0.3) is 0 Å². The van der Waals surface area contributed by atoms with Crippen LogP contribution in [0.5, 0.6) is 11.5 Å². The first-order valence-electron chi connectivity index (χ1n) is 10.3. The van der Waals surface area contributed by atoms with Gasteiger partial charge >= 0.3 is 0 Å². The summed E-state index contributed by atoms with van der Waals surface area (Å²) in [5.74, 6) is -0.639. The summed E-state index contributed by atoms with van der Waals surface area (Å²) in [6.07, 6.45) is 1.62. The summed E-state index contributed by atoms with van der Waals surface area (Å²) in [6, 6.07) is 18.5. The minimum Gasteiger partial charge on any atom is -0.493 e. The smallest absolute Gasteiger partial charge is 0.138 e. The summed E-state index contributed by atoms with van der Waals surface area (Å²) < 4.78 is 41.9. The van der Waals surface area contributed by atoms with Crippen molar-refractivity contribution in [1.82, 2.24) is 0 Å². The lowest BCUT2D eigenvalue weighted by atomic mass is 9.69. The molecule has 1 aliphatic rings. The molecule has 0 unspecified atom stereocenters. The zero-order valence-electron chi connectivity index (χ0n) is 17.3. The van der Waals surface area contributed by atoms with Crippen molar-refractivity contribution in [3.05, 3.63) is 94.6 Å². The fraction of sp³-hybridized carbons (Fsp3) is 0.250. The van der Waals surface area contributed by atoms with E-state index in [9.17, 15) is 0 Å². The molecular weight excluding hydrogens is 755 g/mol. The quantitative estimate of drug-likeness (QED) is 0.0984. The molecule has 2 atom stereocenters. The van der Waals surface area contributed by atoms with Crippen molar-refractivity contribution in [2.75, 3.05) is 11.9 Å². The van der Waals surface area contributed by atoms with E-state index in [1.807, 2.05) is 48.5 Å². The van der Waals surface area contributed by atoms with Gasteiger partial charge in [0, 0.05) is 28.9 Å². The van der Waals surface area contributed by atoms with Gasteiger partial charge < -0.3 is 8.92 Å². The van der Waals surface area contributed by atoms with E-state index in [2.05, 4.69) is 60.0 Å². The van der Waals surface area contributed by atoms with Crippen molar-refractivity contribution in [2.24, 2.45) is 0 Å². The van der Waals surface area contributed by atoms with Crippen LogP contribution in [0, 0.1) is 11.6 Å². The second kappa shape index (κ2) is 12.2. The monoisotopic (exact) mass is 774 g/mol. The minimum absolute atomic E-state index is 0.0327. The highest BCUT2D eigenvalue weighted by molar-refractivity contribution is 14.3. The molecule has 0 N–H and O–H groups in total. The molecule has 0 saturated heterocycles. The Labute approximate surface area is 232 Å². The largest absolute Gasteiger partial charge is 0.493 e. The Balaban J connectivity index is 1.78. The normalized spacial score (nSPS) is 17.6. The minimum atomic E-state index is -0.574. The van der Waals surface area contributed by atoms with Crippen LogP contribution in [-0.4, -0.2) is 11.9 Å². The Bertz CT molecular complexity index is 1080. The van der Waals surface area contributed by atoms with E-state index in [0.717, 1.165) is 35.3 Å². The number of fused-ring (bicyclic) bond motifs is 1. The third-order valence-corrected chi connectivity index (χ3v) is 9.86. The highest BCUT2D eigenvalue weighted by atomic mass is 127. The molecule has 9 heteroatoms. The van der Waals surface area contributed by atoms with Gasteiger partial charge in [-0.2, -0.15) is 0 Å². The number of ether oxygens (including phenoxy) is 1. The van der Waals surface area contributed by atoms with Crippen molar-refractivity contribution >= 4 is 74.1 Å². The summed E-state index contributed by atoms with van der Waals surface area (Å²) in [4.78, 5) is 0. The predicted octanol–water partition coefficient (Wildman–Crippen LogP) is 9.72. The first-order chi connectivity index (χ1) is 16.0. The molecular formula is C24H20BrF2I2O2PS. The summed E-state index contributed by atoms with van der Waals surface area (Å²) in [5, 5.41) is 0.587. The molecule has 0 fully saturated rings. The Hall–Kier alpha value is -0.160. The van der Waals surface area contributed by atoms with Crippen molar-refractivity contribution < 1.29 is 17.7 Å². The lowest BCUT2D eigenvalue weighted by molar-refractivity contribution is 0.339. The van der Waals surface area contributed by atoms with Crippen molar-refractivity contribution in [3.8, 4) is 11.5 Å². The molecule has 0 aliphatic heterocycles. The molecule has 0 saturated carbocycles. The fourth-order valence-electron chi connectivity index (χ4n) is 4.43. The molecule has 0 spiro atoms. The number of benzene rings is 3. The van der Waals surface area contributed by atoms with E-state index < -0.39 is 17.6 Å². The second-order valence-corrected chi connectivity index (χ2v) is 25.9. The van der Waals surface area contributed by atoms with E-state index >= 15 is 8.78 Å². The lowest BCUT2D eigenvalue weighted by Gasteiger charge is -2.35. The molecule has 174 valence electrons. The molecule has 33 heavy (non-hydrogen) atoms. The van der Waals surface area contributed by atoms with Gasteiger partial charge in [0.1, 0.15) is 37.2 Å². The van der Waals surface area contributed by atoms with Gasteiger partial charge in [-0.25, -0.2) is 8.78 Å². The summed E-state index contributed by atoms with van der Waals surface area (Å²) in [5.41, 5.74) is 3.21. The number of alkyl halides is 1. The summed E-state index contributed by atoms with van der Waals surface area (Å²) >= 11 is 9.40. The number of hydrogen-bond donors (Lipinski definition) is 0. The zero-order valence-corrected chi connectivity index (χ0v) is 24.9. The van der Waals surface area contributed by atoms with Gasteiger partial charge in [-0.3, -0.25) is 0 Å². The molecule has 4 rings (SSSR count). The van der Waals surface area contributed by atoms with E-state index in [-0.39, 0.29) is 19.6 Å². The van der Waals surface area contributed by atoms with Crippen LogP contribution in [0.25, 0.3) is 0 Å². The van der Waals surface area contributed by atoms with Crippen molar-refractivity contribution in [2.45, 2.75) is 24.7 Å². The Morgan fingerprint density at radius 2 is 1.73 bits per heavy atom. The van der Waals surface area contributed by atoms with Gasteiger partial charge in [-0.1, -0.05) is 52.3 Å². The molecule has 0 aromatic heterocycles. The summed E-state index contributed by atoms with van der Waals surface area (Å²) in [7, 11) is 0. The van der Waals surface area contributed by atoms with Crippen LogP contribution < -0.4 is 8.92 Å². The van der Waals surface area contributed by atoms with Crippen LogP contribution in [0.4, 0.5) is 8.78 Å². The average Bonchev–Trinajstić information content (AvgIpc) is 2.81. The molecule has 3 aromatic carbocycles. The number of halogens is 5. The highest BCUT2D eigenvalue weighted by Gasteiger charge is 2.36. The first kappa shape index (κ1) is 25.9. The maximum Gasteiger partial charge on any atom is 0.138 e. The molecule has 0 bridgehead atoms. The molecule has 0 radical (unpaired) electrons. The van der Waals surface area contributed by atoms with Crippen molar-refractivity contribution in [1.29, 1.82) is 0 Å². The van der Waals surface area contributed by atoms with Gasteiger partial charge in [0.2, 0.25) is 0 Å². The Morgan fingerprint density at radius 1 is 1.00 bits per heavy atom. The third kappa shape index (κ3) is 6.35. The van der Waals surface area contributed by atoms with Gasteiger partial charge in [0.15, 0.2) is 0 Å². The number of aryl methyl sites for hydroxylation is 1. The predicted molar refractivity (Wildman–Crippen MR) is 155 cm³/mol. The Morgan fingerprint density at radius 3 is 2.39 bits per heavy atom. The van der Waals surface area contributed by atoms with Crippen LogP contribution in [0.3, 0.4) is 0 Å². The van der Waals surface area contributed by atoms with E-state index in [4.69, 9.17) is 8.92 Å². The molecule has 0 heterocycles. The average molecular weight is 775 g/mol. The first-order valence-corrected chi connectivity index (χ1v) is 19.7. The summed E-state index contributed by atoms with van der Waals surface area (Å²) in [6.45, 7) is 0.342. The van der Waals surface area contributed by atoms with Crippen LogP contribution >= 0.6 is 74.1 Å². The molecule has 0 amide bonds.